The van der Waals surface area contributed by atoms with Crippen molar-refractivity contribution in [3.63, 3.8) is 0 Å². The monoisotopic (exact) mass is 222 g/mol. The molecule has 0 aromatic carbocycles. The summed E-state index contributed by atoms with van der Waals surface area (Å²) in [6.45, 7) is 4.21. The average molecular weight is 223 g/mol. The minimum absolute atomic E-state index is 0. The van der Waals surface area contributed by atoms with Gasteiger partial charge in [-0.1, -0.05) is 39.5 Å². The van der Waals surface area contributed by atoms with Crippen molar-refractivity contribution in [3.8, 4) is 0 Å². The van der Waals surface area contributed by atoms with Crippen LogP contribution in [0.2, 0.25) is 0 Å². The van der Waals surface area contributed by atoms with Crippen LogP contribution in [0.4, 0.5) is 0 Å². The van der Waals surface area contributed by atoms with E-state index >= 15 is 0 Å². The first-order valence-corrected chi connectivity index (χ1v) is 3.41. The number of carboxylic acid groups (broad SMARTS) is 1. The topological polar surface area (TPSA) is 37.3 Å². The summed E-state index contributed by atoms with van der Waals surface area (Å²) in [6, 6.07) is 0. The second-order valence-electron chi connectivity index (χ2n) is 1.81. The molecule has 0 atom stereocenters. The van der Waals surface area contributed by atoms with Crippen molar-refractivity contribution in [3.05, 3.63) is 0 Å². The quantitative estimate of drug-likeness (QED) is 0.589. The number of hydrogen-bond donors (Lipinski definition) is 1. The Kier molecular flexibility index (Phi) is 38.1. The second kappa shape index (κ2) is 22.8. The molecule has 0 fully saturated rings. The molecular formula is C7H16O2Zr. The van der Waals surface area contributed by atoms with Crippen LogP contribution >= 0.6 is 0 Å². The van der Waals surface area contributed by atoms with Crippen LogP contribution in [0.25, 0.3) is 0 Å². The summed E-state index contributed by atoms with van der Waals surface area (Å²) in [5.41, 5.74) is 0. The number of unbranched alkanes of at least 4 members (excludes halogenated alkanes) is 3. The third-order valence-corrected chi connectivity index (χ3v) is 0.957. The zero-order valence-corrected chi connectivity index (χ0v) is 9.22. The molecule has 60 valence electrons. The first-order chi connectivity index (χ1) is 4.33. The van der Waals surface area contributed by atoms with E-state index in [1.807, 2.05) is 0 Å². The van der Waals surface area contributed by atoms with E-state index in [4.69, 9.17) is 9.90 Å². The Bertz CT molecular complexity index is 44.9. The molecule has 0 radical (unpaired) electrons. The van der Waals surface area contributed by atoms with Crippen molar-refractivity contribution in [1.82, 2.24) is 0 Å². The van der Waals surface area contributed by atoms with Crippen LogP contribution in [-0.4, -0.2) is 11.6 Å². The van der Waals surface area contributed by atoms with Crippen molar-refractivity contribution in [2.75, 3.05) is 0 Å². The summed E-state index contributed by atoms with van der Waals surface area (Å²) in [7, 11) is 0. The molecular weight excluding hydrogens is 207 g/mol. The smallest absolute Gasteiger partial charge is 0.290 e. The molecule has 0 aliphatic heterocycles. The standard InChI is InChI=1S/C6H14.CH2O2.Zr/c1-3-5-6-4-2;2-1-3;/h3-6H2,1-2H3;1H,(H,2,3);. The molecule has 0 aliphatic carbocycles. The second-order valence-corrected chi connectivity index (χ2v) is 1.81. The molecule has 0 spiro atoms. The van der Waals surface area contributed by atoms with Crippen molar-refractivity contribution >= 4 is 6.47 Å². The maximum atomic E-state index is 8.36. The fourth-order valence-electron chi connectivity index (χ4n) is 0.500. The van der Waals surface area contributed by atoms with Crippen molar-refractivity contribution in [1.29, 1.82) is 0 Å². The fourth-order valence-corrected chi connectivity index (χ4v) is 0.500. The summed E-state index contributed by atoms with van der Waals surface area (Å²) < 4.78 is 0. The van der Waals surface area contributed by atoms with Crippen LogP contribution in [0, 0.1) is 0 Å². The van der Waals surface area contributed by atoms with Gasteiger partial charge in [0.25, 0.3) is 6.47 Å². The molecule has 0 aromatic heterocycles. The van der Waals surface area contributed by atoms with E-state index in [1.165, 1.54) is 25.7 Å². The molecule has 0 aliphatic rings. The molecule has 2 nitrogen and oxygen atoms in total. The Hall–Kier alpha value is 0.353. The number of rotatable bonds is 3. The third kappa shape index (κ3) is 40.2. The first kappa shape index (κ1) is 16.8. The summed E-state index contributed by atoms with van der Waals surface area (Å²) in [5.74, 6) is 0. The Morgan fingerprint density at radius 2 is 1.40 bits per heavy atom. The van der Waals surface area contributed by atoms with E-state index < -0.39 is 0 Å². The van der Waals surface area contributed by atoms with E-state index in [1.54, 1.807) is 0 Å². The van der Waals surface area contributed by atoms with Crippen LogP contribution < -0.4 is 0 Å². The van der Waals surface area contributed by atoms with Gasteiger partial charge in [-0.2, -0.15) is 0 Å². The predicted octanol–water partition coefficient (Wildman–Crippen LogP) is 2.28. The molecule has 0 amide bonds. The summed E-state index contributed by atoms with van der Waals surface area (Å²) in [6.07, 6.45) is 5.54. The molecule has 3 heteroatoms. The Balaban J connectivity index is -0.000000107. The predicted molar refractivity (Wildman–Crippen MR) is 38.5 cm³/mol. The van der Waals surface area contributed by atoms with Crippen LogP contribution in [0.15, 0.2) is 0 Å². The number of hydrogen-bond acceptors (Lipinski definition) is 1. The largest absolute Gasteiger partial charge is 0.483 e. The molecule has 0 aromatic rings. The van der Waals surface area contributed by atoms with Gasteiger partial charge in [-0.05, 0) is 0 Å². The van der Waals surface area contributed by atoms with Crippen LogP contribution in [0.5, 0.6) is 0 Å². The van der Waals surface area contributed by atoms with Crippen molar-refractivity contribution in [2.45, 2.75) is 39.5 Å². The SMILES string of the molecule is CCCCCC.O=CO.[Zr]. The van der Waals surface area contributed by atoms with E-state index in [-0.39, 0.29) is 32.7 Å². The summed E-state index contributed by atoms with van der Waals surface area (Å²) in [5, 5.41) is 6.89. The van der Waals surface area contributed by atoms with Gasteiger partial charge in [0.15, 0.2) is 0 Å². The molecule has 0 heterocycles. The van der Waals surface area contributed by atoms with E-state index in [9.17, 15) is 0 Å². The van der Waals surface area contributed by atoms with Crippen LogP contribution in [-0.2, 0) is 31.0 Å². The molecule has 0 bridgehead atoms. The van der Waals surface area contributed by atoms with Crippen molar-refractivity contribution < 1.29 is 36.1 Å². The van der Waals surface area contributed by atoms with Crippen LogP contribution in [0.3, 0.4) is 0 Å². The minimum Gasteiger partial charge on any atom is -0.483 e. The maximum absolute atomic E-state index is 8.36. The van der Waals surface area contributed by atoms with E-state index in [2.05, 4.69) is 13.8 Å². The minimum atomic E-state index is -0.250. The third-order valence-electron chi connectivity index (χ3n) is 0.957. The van der Waals surface area contributed by atoms with Gasteiger partial charge in [-0.25, -0.2) is 0 Å². The molecule has 0 saturated heterocycles. The van der Waals surface area contributed by atoms with Gasteiger partial charge >= 0.3 is 0 Å². The Morgan fingerprint density at radius 1 is 1.20 bits per heavy atom. The fraction of sp³-hybridized carbons (Fsp3) is 0.857. The summed E-state index contributed by atoms with van der Waals surface area (Å²) >= 11 is 0. The van der Waals surface area contributed by atoms with Gasteiger partial charge in [0, 0.05) is 26.2 Å². The Labute approximate surface area is 82.1 Å². The first-order valence-electron chi connectivity index (χ1n) is 3.41. The normalized spacial score (nSPS) is 6.60. The van der Waals surface area contributed by atoms with Gasteiger partial charge in [-0.15, -0.1) is 0 Å². The number of carbonyl (C=O) groups is 1. The zero-order chi connectivity index (χ0) is 7.54. The molecule has 0 saturated carbocycles. The molecule has 0 unspecified atom stereocenters. The molecule has 0 rings (SSSR count). The van der Waals surface area contributed by atoms with Gasteiger partial charge < -0.3 is 5.11 Å². The van der Waals surface area contributed by atoms with Crippen LogP contribution in [0.1, 0.15) is 39.5 Å². The maximum Gasteiger partial charge on any atom is 0.290 e. The van der Waals surface area contributed by atoms with E-state index in [0.717, 1.165) is 0 Å². The average Bonchev–Trinajstić information content (AvgIpc) is 1.86. The molecule has 10 heavy (non-hydrogen) atoms. The van der Waals surface area contributed by atoms with Gasteiger partial charge in [0.1, 0.15) is 0 Å². The van der Waals surface area contributed by atoms with Gasteiger partial charge in [0.05, 0.1) is 0 Å². The zero-order valence-electron chi connectivity index (χ0n) is 6.76. The molecule has 1 N–H and O–H groups in total. The summed E-state index contributed by atoms with van der Waals surface area (Å²) in [4.78, 5) is 8.36. The van der Waals surface area contributed by atoms with Gasteiger partial charge in [0.2, 0.25) is 0 Å². The van der Waals surface area contributed by atoms with E-state index in [0.29, 0.717) is 0 Å². The Morgan fingerprint density at radius 3 is 1.50 bits per heavy atom. The van der Waals surface area contributed by atoms with Crippen molar-refractivity contribution in [2.24, 2.45) is 0 Å². The van der Waals surface area contributed by atoms with Gasteiger partial charge in [-0.3, -0.25) is 4.79 Å².